The third kappa shape index (κ3) is 2.81. The maximum Gasteiger partial charge on any atom is 0.224 e. The molecule has 1 N–H and O–H groups in total. The number of amides is 1. The van der Waals surface area contributed by atoms with Crippen LogP contribution in [-0.4, -0.2) is 5.91 Å². The Morgan fingerprint density at radius 3 is 2.76 bits per heavy atom. The van der Waals surface area contributed by atoms with Gasteiger partial charge in [-0.15, -0.1) is 11.6 Å². The largest absolute Gasteiger partial charge is 0.326 e. The molecule has 92 valence electrons. The van der Waals surface area contributed by atoms with Crippen LogP contribution >= 0.6 is 11.6 Å². The van der Waals surface area contributed by atoms with Crippen LogP contribution in [0.25, 0.3) is 0 Å². The van der Waals surface area contributed by atoms with Crippen molar-refractivity contribution in [3.05, 3.63) is 29.3 Å². The summed E-state index contributed by atoms with van der Waals surface area (Å²) in [4.78, 5) is 11.4. The molecule has 0 fully saturated rings. The van der Waals surface area contributed by atoms with E-state index in [4.69, 9.17) is 11.6 Å². The first kappa shape index (κ1) is 12.4. The van der Waals surface area contributed by atoms with E-state index in [0.29, 0.717) is 12.3 Å². The van der Waals surface area contributed by atoms with Crippen molar-refractivity contribution in [2.24, 2.45) is 5.92 Å². The van der Waals surface area contributed by atoms with Crippen molar-refractivity contribution in [1.82, 2.24) is 0 Å². The average Bonchev–Trinajstić information content (AvgIpc) is 2.47. The lowest BCUT2D eigenvalue weighted by Crippen LogP contribution is -2.09. The Balaban J connectivity index is 2.30. The fraction of sp³-hybridized carbons (Fsp3) is 0.500. The highest BCUT2D eigenvalue weighted by molar-refractivity contribution is 6.21. The molecule has 0 spiro atoms. The van der Waals surface area contributed by atoms with Crippen LogP contribution in [0.15, 0.2) is 18.2 Å². The van der Waals surface area contributed by atoms with Crippen molar-refractivity contribution in [3.8, 4) is 0 Å². The molecule has 0 radical (unpaired) electrons. The maximum atomic E-state index is 11.4. The van der Waals surface area contributed by atoms with E-state index >= 15 is 0 Å². The zero-order valence-electron chi connectivity index (χ0n) is 10.3. The molecule has 0 aromatic heterocycles. The van der Waals surface area contributed by atoms with Gasteiger partial charge in [-0.25, -0.2) is 0 Å². The molecule has 17 heavy (non-hydrogen) atoms. The van der Waals surface area contributed by atoms with Crippen LogP contribution in [0.3, 0.4) is 0 Å². The van der Waals surface area contributed by atoms with E-state index in [0.717, 1.165) is 24.1 Å². The Morgan fingerprint density at radius 2 is 2.06 bits per heavy atom. The summed E-state index contributed by atoms with van der Waals surface area (Å²) in [6.45, 7) is 4.23. The van der Waals surface area contributed by atoms with Crippen molar-refractivity contribution in [2.45, 2.75) is 38.5 Å². The SMILES string of the molecule is CC(C)C(Cl)c1ccc2c(c1)CCCC(=O)N2. The van der Waals surface area contributed by atoms with Gasteiger partial charge in [-0.05, 0) is 36.0 Å². The smallest absolute Gasteiger partial charge is 0.224 e. The molecule has 1 aromatic carbocycles. The van der Waals surface area contributed by atoms with Gasteiger partial charge in [0.15, 0.2) is 0 Å². The number of fused-ring (bicyclic) bond motifs is 1. The second kappa shape index (κ2) is 5.09. The summed E-state index contributed by atoms with van der Waals surface area (Å²) in [5.74, 6) is 0.526. The number of carbonyl (C=O) groups is 1. The van der Waals surface area contributed by atoms with Gasteiger partial charge in [-0.1, -0.05) is 26.0 Å². The quantitative estimate of drug-likeness (QED) is 0.794. The first-order valence-electron chi connectivity index (χ1n) is 6.14. The number of hydrogen-bond acceptors (Lipinski definition) is 1. The third-order valence-corrected chi connectivity index (χ3v) is 3.91. The molecule has 0 bridgehead atoms. The Kier molecular flexibility index (Phi) is 3.72. The van der Waals surface area contributed by atoms with E-state index in [1.54, 1.807) is 0 Å². The van der Waals surface area contributed by atoms with Crippen LogP contribution in [0.5, 0.6) is 0 Å². The molecular weight excluding hydrogens is 234 g/mol. The van der Waals surface area contributed by atoms with Gasteiger partial charge in [0.05, 0.1) is 5.38 Å². The number of aryl methyl sites for hydroxylation is 1. The van der Waals surface area contributed by atoms with Crippen molar-refractivity contribution in [3.63, 3.8) is 0 Å². The number of nitrogens with one attached hydrogen (secondary N) is 1. The molecular formula is C14H18ClNO. The van der Waals surface area contributed by atoms with Crippen molar-refractivity contribution < 1.29 is 4.79 Å². The van der Waals surface area contributed by atoms with Crippen molar-refractivity contribution >= 4 is 23.2 Å². The molecule has 1 atom stereocenters. The van der Waals surface area contributed by atoms with Gasteiger partial charge in [-0.3, -0.25) is 4.79 Å². The summed E-state index contributed by atoms with van der Waals surface area (Å²) in [5.41, 5.74) is 3.31. The molecule has 1 aromatic rings. The van der Waals surface area contributed by atoms with Gasteiger partial charge in [0.2, 0.25) is 5.91 Å². The minimum atomic E-state index is 0.0410. The van der Waals surface area contributed by atoms with E-state index < -0.39 is 0 Å². The molecule has 0 saturated carbocycles. The van der Waals surface area contributed by atoms with Crippen LogP contribution in [0.1, 0.15) is 43.2 Å². The monoisotopic (exact) mass is 251 g/mol. The average molecular weight is 252 g/mol. The van der Waals surface area contributed by atoms with E-state index in [2.05, 4.69) is 25.2 Å². The second-order valence-electron chi connectivity index (χ2n) is 4.96. The molecule has 1 amide bonds. The number of hydrogen-bond donors (Lipinski definition) is 1. The van der Waals surface area contributed by atoms with Gasteiger partial charge in [-0.2, -0.15) is 0 Å². The first-order valence-corrected chi connectivity index (χ1v) is 6.58. The van der Waals surface area contributed by atoms with Gasteiger partial charge in [0, 0.05) is 12.1 Å². The highest BCUT2D eigenvalue weighted by Gasteiger charge is 2.17. The summed E-state index contributed by atoms with van der Waals surface area (Å²) in [5, 5.41) is 2.98. The standard InChI is InChI=1S/C14H18ClNO/c1-9(2)14(15)11-6-7-12-10(8-11)4-3-5-13(17)16-12/h6-9,14H,3-5H2,1-2H3,(H,16,17). The number of anilines is 1. The Morgan fingerprint density at radius 1 is 1.29 bits per heavy atom. The number of alkyl halides is 1. The van der Waals surface area contributed by atoms with Crippen molar-refractivity contribution in [2.75, 3.05) is 5.32 Å². The molecule has 2 rings (SSSR count). The van der Waals surface area contributed by atoms with Crippen LogP contribution in [0.2, 0.25) is 0 Å². The molecule has 3 heteroatoms. The molecule has 1 aliphatic rings. The summed E-state index contributed by atoms with van der Waals surface area (Å²) < 4.78 is 0. The highest BCUT2D eigenvalue weighted by Crippen LogP contribution is 2.32. The molecule has 1 heterocycles. The molecule has 2 nitrogen and oxygen atoms in total. The summed E-state index contributed by atoms with van der Waals surface area (Å²) >= 11 is 6.37. The number of benzene rings is 1. The third-order valence-electron chi connectivity index (χ3n) is 3.16. The predicted octanol–water partition coefficient (Wildman–Crippen LogP) is 3.90. The molecule has 0 saturated heterocycles. The minimum absolute atomic E-state index is 0.0410. The van der Waals surface area contributed by atoms with Crippen molar-refractivity contribution in [1.29, 1.82) is 0 Å². The van der Waals surface area contributed by atoms with Gasteiger partial charge in [0.25, 0.3) is 0 Å². The Bertz CT molecular complexity index is 428. The van der Waals surface area contributed by atoms with Gasteiger partial charge >= 0.3 is 0 Å². The van der Waals surface area contributed by atoms with E-state index in [1.807, 2.05) is 12.1 Å². The molecule has 1 unspecified atom stereocenters. The molecule has 1 aliphatic heterocycles. The number of halogens is 1. The topological polar surface area (TPSA) is 29.1 Å². The lowest BCUT2D eigenvalue weighted by Gasteiger charge is -2.16. The van der Waals surface area contributed by atoms with E-state index in [9.17, 15) is 4.79 Å². The Labute approximate surface area is 107 Å². The number of rotatable bonds is 2. The lowest BCUT2D eigenvalue weighted by atomic mass is 9.98. The van der Waals surface area contributed by atoms with Gasteiger partial charge in [0.1, 0.15) is 0 Å². The maximum absolute atomic E-state index is 11.4. The fourth-order valence-electron chi connectivity index (χ4n) is 2.15. The van der Waals surface area contributed by atoms with E-state index in [-0.39, 0.29) is 11.3 Å². The minimum Gasteiger partial charge on any atom is -0.326 e. The zero-order chi connectivity index (χ0) is 12.4. The lowest BCUT2D eigenvalue weighted by molar-refractivity contribution is -0.116. The normalized spacial score (nSPS) is 17.3. The molecule has 0 aliphatic carbocycles. The van der Waals surface area contributed by atoms with Crippen LogP contribution in [0, 0.1) is 5.92 Å². The first-order chi connectivity index (χ1) is 8.08. The summed E-state index contributed by atoms with van der Waals surface area (Å²) in [6.07, 6.45) is 2.47. The predicted molar refractivity (Wildman–Crippen MR) is 71.4 cm³/mol. The number of carbonyl (C=O) groups excluding carboxylic acids is 1. The summed E-state index contributed by atoms with van der Waals surface area (Å²) in [7, 11) is 0. The fourth-order valence-corrected chi connectivity index (χ4v) is 2.29. The second-order valence-corrected chi connectivity index (χ2v) is 5.43. The summed E-state index contributed by atoms with van der Waals surface area (Å²) in [6, 6.07) is 6.13. The zero-order valence-corrected chi connectivity index (χ0v) is 11.1. The van der Waals surface area contributed by atoms with Crippen LogP contribution < -0.4 is 5.32 Å². The highest BCUT2D eigenvalue weighted by atomic mass is 35.5. The van der Waals surface area contributed by atoms with Gasteiger partial charge < -0.3 is 5.32 Å². The van der Waals surface area contributed by atoms with E-state index in [1.165, 1.54) is 5.56 Å². The van der Waals surface area contributed by atoms with Crippen LogP contribution in [0.4, 0.5) is 5.69 Å². The van der Waals surface area contributed by atoms with Crippen LogP contribution in [-0.2, 0) is 11.2 Å². The Hall–Kier alpha value is -1.02.